The Morgan fingerprint density at radius 1 is 0.188 bits per heavy atom. The topological polar surface area (TPSA) is 77.3 Å². The average Bonchev–Trinajstić information content (AvgIpc) is 3.14. The van der Waals surface area contributed by atoms with Gasteiger partial charge in [-0.3, -0.25) is 29.9 Å². The Bertz CT molecular complexity index is 1480. The molecule has 0 radical (unpaired) electrons. The molecule has 0 atom stereocenters. The zero-order valence-electron chi connectivity index (χ0n) is 27.6. The summed E-state index contributed by atoms with van der Waals surface area (Å²) in [7, 11) is 0. The highest BCUT2D eigenvalue weighted by atomic mass is 14.8. The zero-order valence-corrected chi connectivity index (χ0v) is 27.6. The maximum atomic E-state index is 4.99. The third-order valence-corrected chi connectivity index (χ3v) is 9.01. The molecule has 1 aliphatic heterocycles. The standard InChI is InChI=1S/C42H42N6/c1-7-31-19-21-33-9-2-11-35(44-33)23-25-37-13-4-15-39(46-37)27-29-41-17-6-18-42(48-41)30-28-40-16-5-14-38(47-40)26-24-36-12-3-10-34(45-36)22-20-32(8-1)43-31/h1-18H,19-30H2. The molecular formula is C42H42N6. The molecule has 0 unspecified atom stereocenters. The van der Waals surface area contributed by atoms with Gasteiger partial charge < -0.3 is 0 Å². The van der Waals surface area contributed by atoms with E-state index in [0.29, 0.717) is 0 Å². The van der Waals surface area contributed by atoms with E-state index >= 15 is 0 Å². The lowest BCUT2D eigenvalue weighted by Gasteiger charge is -2.09. The van der Waals surface area contributed by atoms with Crippen LogP contribution >= 0.6 is 0 Å². The minimum absolute atomic E-state index is 0.870. The summed E-state index contributed by atoms with van der Waals surface area (Å²) in [6.07, 6.45) is 10.4. The number of hydrogen-bond donors (Lipinski definition) is 0. The molecule has 0 saturated carbocycles. The van der Waals surface area contributed by atoms with Gasteiger partial charge in [-0.15, -0.1) is 0 Å². The van der Waals surface area contributed by atoms with E-state index in [-0.39, 0.29) is 0 Å². The van der Waals surface area contributed by atoms with Crippen LogP contribution in [0, 0.1) is 0 Å². The summed E-state index contributed by atoms with van der Waals surface area (Å²) in [4.78, 5) is 29.9. The Hall–Kier alpha value is -5.10. The van der Waals surface area contributed by atoms with Gasteiger partial charge in [0, 0.05) is 68.3 Å². The van der Waals surface area contributed by atoms with Crippen LogP contribution in [0.2, 0.25) is 0 Å². The molecule has 0 aliphatic carbocycles. The van der Waals surface area contributed by atoms with E-state index in [2.05, 4.69) is 109 Å². The maximum Gasteiger partial charge on any atom is 0.0410 e. The van der Waals surface area contributed by atoms with Gasteiger partial charge in [-0.25, -0.2) is 0 Å². The smallest absolute Gasteiger partial charge is 0.0410 e. The van der Waals surface area contributed by atoms with Crippen molar-refractivity contribution in [1.29, 1.82) is 0 Å². The van der Waals surface area contributed by atoms with E-state index in [4.69, 9.17) is 29.9 Å². The van der Waals surface area contributed by atoms with Crippen LogP contribution in [0.5, 0.6) is 0 Å². The molecule has 0 saturated heterocycles. The molecule has 12 bridgehead atoms. The van der Waals surface area contributed by atoms with Crippen molar-refractivity contribution in [2.45, 2.75) is 77.0 Å². The van der Waals surface area contributed by atoms with Crippen LogP contribution in [-0.4, -0.2) is 29.9 Å². The summed E-state index contributed by atoms with van der Waals surface area (Å²) in [5.74, 6) is 0. The van der Waals surface area contributed by atoms with Crippen molar-refractivity contribution in [3.8, 4) is 0 Å². The largest absolute Gasteiger partial charge is 0.258 e. The van der Waals surface area contributed by atoms with Gasteiger partial charge in [0.2, 0.25) is 0 Å². The van der Waals surface area contributed by atoms with E-state index in [0.717, 1.165) is 145 Å². The van der Waals surface area contributed by atoms with Gasteiger partial charge in [0.25, 0.3) is 0 Å². The number of pyridine rings is 6. The molecule has 240 valence electrons. The van der Waals surface area contributed by atoms with Crippen LogP contribution in [0.4, 0.5) is 0 Å². The first-order chi connectivity index (χ1) is 23.7. The molecule has 6 aromatic rings. The van der Waals surface area contributed by atoms with Gasteiger partial charge in [0.05, 0.1) is 0 Å². The summed E-state index contributed by atoms with van der Waals surface area (Å²) in [6.45, 7) is 0. The normalized spacial score (nSPS) is 14.5. The average molecular weight is 631 g/mol. The van der Waals surface area contributed by atoms with E-state index in [1.54, 1.807) is 0 Å². The molecule has 0 amide bonds. The molecule has 7 heterocycles. The summed E-state index contributed by atoms with van der Waals surface area (Å²) in [6, 6.07) is 38.3. The second-order valence-electron chi connectivity index (χ2n) is 12.7. The second-order valence-corrected chi connectivity index (χ2v) is 12.7. The van der Waals surface area contributed by atoms with Gasteiger partial charge in [-0.2, -0.15) is 0 Å². The predicted molar refractivity (Wildman–Crippen MR) is 190 cm³/mol. The van der Waals surface area contributed by atoms with Gasteiger partial charge in [-0.05, 0) is 150 Å². The Balaban J connectivity index is 1.09. The quantitative estimate of drug-likeness (QED) is 0.179. The first-order valence-electron chi connectivity index (χ1n) is 17.4. The molecule has 7 rings (SSSR count). The highest BCUT2D eigenvalue weighted by Gasteiger charge is 2.08. The number of aromatic nitrogens is 6. The molecule has 6 heteroatoms. The third kappa shape index (κ3) is 9.03. The van der Waals surface area contributed by atoms with Gasteiger partial charge >= 0.3 is 0 Å². The monoisotopic (exact) mass is 630 g/mol. The molecule has 6 nitrogen and oxygen atoms in total. The van der Waals surface area contributed by atoms with E-state index in [1.807, 2.05) is 0 Å². The van der Waals surface area contributed by atoms with Crippen molar-refractivity contribution in [2.24, 2.45) is 0 Å². The van der Waals surface area contributed by atoms with E-state index in [1.165, 1.54) is 0 Å². The molecule has 48 heavy (non-hydrogen) atoms. The fraction of sp³-hybridized carbons (Fsp3) is 0.286. The first kappa shape index (κ1) is 31.5. The predicted octanol–water partition coefficient (Wildman–Crippen LogP) is 7.08. The summed E-state index contributed by atoms with van der Waals surface area (Å²) in [5, 5.41) is 0. The number of rotatable bonds is 0. The number of hydrogen-bond acceptors (Lipinski definition) is 6. The third-order valence-electron chi connectivity index (χ3n) is 9.01. The lowest BCUT2D eigenvalue weighted by Crippen LogP contribution is -2.05. The fourth-order valence-corrected chi connectivity index (χ4v) is 6.38. The van der Waals surface area contributed by atoms with Crippen molar-refractivity contribution in [3.63, 3.8) is 0 Å². The minimum Gasteiger partial charge on any atom is -0.258 e. The Kier molecular flexibility index (Phi) is 10.3. The summed E-state index contributed by atoms with van der Waals surface area (Å²) in [5.41, 5.74) is 13.3. The van der Waals surface area contributed by atoms with E-state index < -0.39 is 0 Å². The number of nitrogens with zero attached hydrogens (tertiary/aromatic N) is 6. The lowest BCUT2D eigenvalue weighted by molar-refractivity contribution is 0.795. The summed E-state index contributed by atoms with van der Waals surface area (Å²) < 4.78 is 0. The van der Waals surface area contributed by atoms with Crippen molar-refractivity contribution in [3.05, 3.63) is 178 Å². The van der Waals surface area contributed by atoms with Crippen LogP contribution in [0.15, 0.2) is 109 Å². The summed E-state index contributed by atoms with van der Waals surface area (Å²) >= 11 is 0. The Labute approximate surface area is 283 Å². The van der Waals surface area contributed by atoms with E-state index in [9.17, 15) is 0 Å². The molecular weight excluding hydrogens is 589 g/mol. The number of fused-ring (bicyclic) bond motifs is 12. The van der Waals surface area contributed by atoms with Crippen LogP contribution < -0.4 is 0 Å². The van der Waals surface area contributed by atoms with Gasteiger partial charge in [-0.1, -0.05) is 36.4 Å². The molecule has 6 aromatic heterocycles. The van der Waals surface area contributed by atoms with Crippen LogP contribution in [-0.2, 0) is 77.0 Å². The van der Waals surface area contributed by atoms with Gasteiger partial charge in [0.15, 0.2) is 0 Å². The van der Waals surface area contributed by atoms with Crippen LogP contribution in [0.1, 0.15) is 68.3 Å². The highest BCUT2D eigenvalue weighted by molar-refractivity contribution is 5.21. The molecule has 0 aromatic carbocycles. The van der Waals surface area contributed by atoms with Crippen LogP contribution in [0.25, 0.3) is 0 Å². The van der Waals surface area contributed by atoms with Crippen molar-refractivity contribution in [2.75, 3.05) is 0 Å². The van der Waals surface area contributed by atoms with Crippen molar-refractivity contribution >= 4 is 0 Å². The highest BCUT2D eigenvalue weighted by Crippen LogP contribution is 2.14. The zero-order chi connectivity index (χ0) is 32.4. The molecule has 0 N–H and O–H groups in total. The fourth-order valence-electron chi connectivity index (χ4n) is 6.38. The minimum atomic E-state index is 0.870. The number of aryl methyl sites for hydroxylation is 12. The van der Waals surface area contributed by atoms with Crippen LogP contribution in [0.3, 0.4) is 0 Å². The second kappa shape index (κ2) is 15.7. The molecule has 1 aliphatic rings. The Morgan fingerprint density at radius 2 is 0.292 bits per heavy atom. The first-order valence-corrected chi connectivity index (χ1v) is 17.4. The lowest BCUT2D eigenvalue weighted by atomic mass is 10.1. The molecule has 0 fully saturated rings. The maximum absolute atomic E-state index is 4.99. The SMILES string of the molecule is c1cc2nc(c1)CCc1cccc(n1)CCc1cccc(n1)CCc1cccc(n1)CCc1cccc(n1)CCc1cccc(n1)CC2. The van der Waals surface area contributed by atoms with Crippen molar-refractivity contribution in [1.82, 2.24) is 29.9 Å². The van der Waals surface area contributed by atoms with Crippen molar-refractivity contribution < 1.29 is 0 Å². The molecule has 0 spiro atoms. The van der Waals surface area contributed by atoms with Gasteiger partial charge in [0.1, 0.15) is 0 Å². The Morgan fingerprint density at radius 3 is 0.396 bits per heavy atom.